The maximum Gasteiger partial charge on any atom is 0.263 e. The highest BCUT2D eigenvalue weighted by molar-refractivity contribution is 6.58. The van der Waals surface area contributed by atoms with Gasteiger partial charge >= 0.3 is 0 Å². The lowest BCUT2D eigenvalue weighted by Gasteiger charge is -2.49. The molecule has 2 unspecified atom stereocenters. The molecule has 7 nitrogen and oxygen atoms in total. The Balaban J connectivity index is 2.42. The van der Waals surface area contributed by atoms with Crippen LogP contribution in [0.2, 0.25) is 11.0 Å². The summed E-state index contributed by atoms with van der Waals surface area (Å²) in [6, 6.07) is 1.36. The van der Waals surface area contributed by atoms with Gasteiger partial charge < -0.3 is 5.73 Å². The molecular formula is C14H8B6N4O3. The van der Waals surface area contributed by atoms with Gasteiger partial charge in [-0.25, -0.2) is 4.98 Å². The molecule has 2 heterocycles. The van der Waals surface area contributed by atoms with E-state index < -0.39 is 33.8 Å². The molecule has 1 aromatic carbocycles. The number of hydrogen-bond donors (Lipinski definition) is 2. The number of amides is 2. The summed E-state index contributed by atoms with van der Waals surface area (Å²) < 4.78 is 0.794. The Morgan fingerprint density at radius 1 is 1.19 bits per heavy atom. The third-order valence-corrected chi connectivity index (χ3v) is 4.78. The summed E-state index contributed by atoms with van der Waals surface area (Å²) in [7, 11) is 35.2. The molecule has 27 heavy (non-hydrogen) atoms. The van der Waals surface area contributed by atoms with Crippen LogP contribution in [-0.4, -0.2) is 68.4 Å². The first-order valence-corrected chi connectivity index (χ1v) is 7.70. The molecule has 3 N–H and O–H groups in total. The summed E-state index contributed by atoms with van der Waals surface area (Å²) in [6.07, 6.45) is 0. The van der Waals surface area contributed by atoms with Crippen molar-refractivity contribution in [3.8, 4) is 0 Å². The zero-order chi connectivity index (χ0) is 20.5. The molecule has 0 saturated carbocycles. The number of nitrogens with one attached hydrogen (secondary N) is 1. The number of fused-ring (bicyclic) bond motifs is 1. The lowest BCUT2D eigenvalue weighted by molar-refractivity contribution is -0.138. The van der Waals surface area contributed by atoms with Crippen LogP contribution in [0.25, 0.3) is 10.9 Å². The van der Waals surface area contributed by atoms with Crippen molar-refractivity contribution in [2.45, 2.75) is 23.4 Å². The topological polar surface area (TPSA) is 107 Å². The molecule has 2 aromatic rings. The van der Waals surface area contributed by atoms with E-state index in [-0.39, 0.29) is 33.3 Å². The Morgan fingerprint density at radius 2 is 1.78 bits per heavy atom. The monoisotopic (exact) mass is 346 g/mol. The Hall–Kier alpha value is -2.31. The quantitative estimate of drug-likeness (QED) is 0.309. The van der Waals surface area contributed by atoms with Gasteiger partial charge in [0, 0.05) is 5.69 Å². The lowest BCUT2D eigenvalue weighted by atomic mass is 9.35. The van der Waals surface area contributed by atoms with E-state index in [4.69, 9.17) is 52.8 Å². The first-order chi connectivity index (χ1) is 12.3. The van der Waals surface area contributed by atoms with Gasteiger partial charge in [-0.2, -0.15) is 0 Å². The minimum atomic E-state index is -2.32. The molecule has 1 aliphatic rings. The van der Waals surface area contributed by atoms with Gasteiger partial charge in [0.25, 0.3) is 5.56 Å². The zero-order valence-electron chi connectivity index (χ0n) is 14.3. The van der Waals surface area contributed by atoms with Crippen LogP contribution < -0.4 is 27.5 Å². The van der Waals surface area contributed by atoms with Crippen molar-refractivity contribution < 1.29 is 9.59 Å². The number of nitrogens with zero attached hydrogens (tertiary/aromatic N) is 2. The highest BCUT2D eigenvalue weighted by atomic mass is 16.2. The van der Waals surface area contributed by atoms with Gasteiger partial charge in [-0.1, -0.05) is 16.7 Å². The second-order valence-corrected chi connectivity index (χ2v) is 6.51. The number of nitrogens with two attached hydrogens (primary N) is 1. The number of anilines is 1. The number of rotatable bonds is 1. The van der Waals surface area contributed by atoms with Crippen molar-refractivity contribution in [1.82, 2.24) is 14.9 Å². The van der Waals surface area contributed by atoms with Gasteiger partial charge in [0.2, 0.25) is 11.8 Å². The molecule has 12 radical (unpaired) electrons. The van der Waals surface area contributed by atoms with Gasteiger partial charge in [-0.05, 0) is 18.2 Å². The lowest BCUT2D eigenvalue weighted by Crippen LogP contribution is -2.66. The molecule has 120 valence electrons. The SMILES string of the molecule is [B]c1cc2nc(C)n(C3([B])C(=O)NC(=O)C([B])([B])C3[B])c(=O)c2c(N)c1[B]. The molecule has 0 aliphatic carbocycles. The van der Waals surface area contributed by atoms with Crippen LogP contribution in [0.3, 0.4) is 0 Å². The van der Waals surface area contributed by atoms with E-state index in [2.05, 4.69) is 4.98 Å². The molecular weight excluding hydrogens is 337 g/mol. The third-order valence-electron chi connectivity index (χ3n) is 4.78. The molecule has 1 aromatic heterocycles. The molecule has 1 fully saturated rings. The molecule has 2 amide bonds. The van der Waals surface area contributed by atoms with Crippen molar-refractivity contribution >= 4 is 86.4 Å². The summed E-state index contributed by atoms with van der Waals surface area (Å²) in [6.45, 7) is 1.41. The average molecular weight is 345 g/mol. The number of imide groups is 1. The normalized spacial score (nSPS) is 24.7. The molecule has 0 bridgehead atoms. The number of nitrogen functional groups attached to an aromatic ring is 1. The molecule has 0 spiro atoms. The third kappa shape index (κ3) is 2.43. The maximum absolute atomic E-state index is 13.2. The highest BCUT2D eigenvalue weighted by Crippen LogP contribution is 2.45. The summed E-state index contributed by atoms with van der Waals surface area (Å²) in [5, 5.41) is -0.414. The van der Waals surface area contributed by atoms with E-state index in [9.17, 15) is 14.4 Å². The zero-order valence-corrected chi connectivity index (χ0v) is 14.3. The Morgan fingerprint density at radius 3 is 2.37 bits per heavy atom. The predicted molar refractivity (Wildman–Crippen MR) is 107 cm³/mol. The van der Waals surface area contributed by atoms with Crippen molar-refractivity contribution in [3.05, 3.63) is 22.2 Å². The molecule has 3 rings (SSSR count). The van der Waals surface area contributed by atoms with Gasteiger partial charge in [-0.15, -0.1) is 0 Å². The van der Waals surface area contributed by atoms with Crippen LogP contribution in [-0.2, 0) is 15.0 Å². The summed E-state index contributed by atoms with van der Waals surface area (Å²) >= 11 is 0. The van der Waals surface area contributed by atoms with E-state index in [1.54, 1.807) is 0 Å². The van der Waals surface area contributed by atoms with E-state index in [1.807, 2.05) is 5.32 Å². The van der Waals surface area contributed by atoms with Crippen LogP contribution >= 0.6 is 0 Å². The number of carbonyl (C=O) groups excluding carboxylic acids is 2. The number of piperidine rings is 1. The van der Waals surface area contributed by atoms with Crippen molar-refractivity contribution in [1.29, 1.82) is 0 Å². The van der Waals surface area contributed by atoms with Crippen molar-refractivity contribution in [2.24, 2.45) is 0 Å². The smallest absolute Gasteiger partial charge is 0.263 e. The minimum absolute atomic E-state index is 0.00526. The minimum Gasteiger partial charge on any atom is -0.399 e. The summed E-state index contributed by atoms with van der Waals surface area (Å²) in [5.41, 5.74) is 2.91. The van der Waals surface area contributed by atoms with Crippen LogP contribution in [0.4, 0.5) is 5.69 Å². The standard InChI is InChI=1S/C14H8B6N4O3/c1-3-22-5-2-4(15)7(16)8(21)6(5)9(25)24(3)14(20)10(17)13(18,19)11(26)23-12(14)27/h2,10H,21H2,1H3,(H,23,26,27). The fourth-order valence-corrected chi connectivity index (χ4v) is 3.16. The first-order valence-electron chi connectivity index (χ1n) is 7.70. The largest absolute Gasteiger partial charge is 0.399 e. The van der Waals surface area contributed by atoms with Crippen LogP contribution in [0.1, 0.15) is 5.82 Å². The van der Waals surface area contributed by atoms with E-state index >= 15 is 0 Å². The number of benzene rings is 1. The second-order valence-electron chi connectivity index (χ2n) is 6.51. The van der Waals surface area contributed by atoms with Gasteiger partial charge in [-0.3, -0.25) is 24.3 Å². The second kappa shape index (κ2) is 5.84. The number of aryl methyl sites for hydroxylation is 1. The predicted octanol–water partition coefficient (Wildman–Crippen LogP) is -4.24. The number of aromatic nitrogens is 2. The Bertz CT molecular complexity index is 1080. The molecule has 2 atom stereocenters. The fourth-order valence-electron chi connectivity index (χ4n) is 3.16. The summed E-state index contributed by atoms with van der Waals surface area (Å²) in [5.74, 6) is -3.76. The number of carbonyl (C=O) groups is 2. The van der Waals surface area contributed by atoms with E-state index in [1.165, 1.54) is 13.0 Å². The van der Waals surface area contributed by atoms with Crippen LogP contribution in [0.15, 0.2) is 10.9 Å². The van der Waals surface area contributed by atoms with Crippen LogP contribution in [0, 0.1) is 6.92 Å². The Kier molecular flexibility index (Phi) is 4.21. The first kappa shape index (κ1) is 19.5. The van der Waals surface area contributed by atoms with E-state index in [0.717, 1.165) is 4.57 Å². The number of hydrogen-bond acceptors (Lipinski definition) is 5. The average Bonchev–Trinajstić information content (AvgIpc) is 2.56. The summed E-state index contributed by atoms with van der Waals surface area (Å²) in [4.78, 5) is 41.9. The Labute approximate surface area is 162 Å². The molecule has 13 heteroatoms. The van der Waals surface area contributed by atoms with Crippen molar-refractivity contribution in [2.75, 3.05) is 5.73 Å². The highest BCUT2D eigenvalue weighted by Gasteiger charge is 2.54. The molecule has 1 aliphatic heterocycles. The van der Waals surface area contributed by atoms with Gasteiger partial charge in [0.05, 0.1) is 39.9 Å². The molecule has 1 saturated heterocycles. The van der Waals surface area contributed by atoms with Gasteiger partial charge in [0.1, 0.15) is 29.4 Å². The van der Waals surface area contributed by atoms with Crippen LogP contribution in [0.5, 0.6) is 0 Å². The van der Waals surface area contributed by atoms with Crippen molar-refractivity contribution in [3.63, 3.8) is 0 Å². The maximum atomic E-state index is 13.2. The van der Waals surface area contributed by atoms with E-state index in [0.29, 0.717) is 0 Å². The fraction of sp³-hybridized carbons (Fsp3) is 0.286. The van der Waals surface area contributed by atoms with Gasteiger partial charge in [0.15, 0.2) is 0 Å².